The molecule has 0 saturated carbocycles. The number of para-hydroxylation sites is 3. The minimum Gasteiger partial charge on any atom is -0.307 e. The summed E-state index contributed by atoms with van der Waals surface area (Å²) in [4.78, 5) is 12.3. The zero-order valence-electron chi connectivity index (χ0n) is 13.3. The molecule has 2 amide bonds. The Balaban J connectivity index is 1.77. The number of benzene rings is 2. The number of nitrogens with one attached hydrogen (secondary N) is 3. The van der Waals surface area contributed by atoms with Crippen molar-refractivity contribution in [2.45, 2.75) is 4.21 Å². The smallest absolute Gasteiger partial charge is 0.307 e. The standard InChI is InChI=1S/C17H14BrN3O3S2/c18-12-6-1-2-7-13(12)19-17(22)20-14-8-3-4-9-15(14)21-26(23,24)16-10-5-11-25-16/h1-11,21H,(H2,19,20,22). The van der Waals surface area contributed by atoms with E-state index in [2.05, 4.69) is 31.3 Å². The second kappa shape index (κ2) is 7.90. The average Bonchev–Trinajstić information content (AvgIpc) is 3.14. The number of hydrogen-bond donors (Lipinski definition) is 3. The maximum Gasteiger partial charge on any atom is 0.323 e. The molecule has 0 fully saturated rings. The van der Waals surface area contributed by atoms with Crippen LogP contribution >= 0.6 is 27.3 Å². The molecule has 3 aromatic rings. The van der Waals surface area contributed by atoms with E-state index in [4.69, 9.17) is 0 Å². The summed E-state index contributed by atoms with van der Waals surface area (Å²) in [5.41, 5.74) is 1.22. The van der Waals surface area contributed by atoms with Crippen LogP contribution in [0.4, 0.5) is 21.9 Å². The third-order valence-electron chi connectivity index (χ3n) is 3.30. The van der Waals surface area contributed by atoms with Gasteiger partial charge in [0.05, 0.1) is 17.1 Å². The number of halogens is 1. The summed E-state index contributed by atoms with van der Waals surface area (Å²) >= 11 is 4.47. The number of carbonyl (C=O) groups excluding carboxylic acids is 1. The molecule has 0 aliphatic rings. The van der Waals surface area contributed by atoms with Gasteiger partial charge in [-0.25, -0.2) is 13.2 Å². The van der Waals surface area contributed by atoms with E-state index < -0.39 is 16.1 Å². The van der Waals surface area contributed by atoms with Gasteiger partial charge in [-0.15, -0.1) is 11.3 Å². The fourth-order valence-corrected chi connectivity index (χ4v) is 4.59. The van der Waals surface area contributed by atoms with Gasteiger partial charge in [0.2, 0.25) is 0 Å². The van der Waals surface area contributed by atoms with Crippen LogP contribution in [0.3, 0.4) is 0 Å². The first kappa shape index (κ1) is 18.4. The number of urea groups is 1. The minimum atomic E-state index is -3.70. The molecule has 134 valence electrons. The normalized spacial score (nSPS) is 11.0. The van der Waals surface area contributed by atoms with Gasteiger partial charge in [0.1, 0.15) is 4.21 Å². The molecule has 0 atom stereocenters. The van der Waals surface area contributed by atoms with E-state index in [0.717, 1.165) is 15.8 Å². The van der Waals surface area contributed by atoms with Crippen molar-refractivity contribution in [2.24, 2.45) is 0 Å². The molecular formula is C17H14BrN3O3S2. The van der Waals surface area contributed by atoms with Crippen LogP contribution in [0.2, 0.25) is 0 Å². The van der Waals surface area contributed by atoms with Gasteiger partial charge in [0.15, 0.2) is 0 Å². The van der Waals surface area contributed by atoms with Crippen molar-refractivity contribution in [3.8, 4) is 0 Å². The fourth-order valence-electron chi connectivity index (χ4n) is 2.13. The number of carbonyl (C=O) groups is 1. The summed E-state index contributed by atoms with van der Waals surface area (Å²) in [6.45, 7) is 0. The number of hydrogen-bond acceptors (Lipinski definition) is 4. The van der Waals surface area contributed by atoms with E-state index in [1.54, 1.807) is 53.9 Å². The van der Waals surface area contributed by atoms with Crippen molar-refractivity contribution < 1.29 is 13.2 Å². The van der Waals surface area contributed by atoms with Gasteiger partial charge in [0.25, 0.3) is 10.0 Å². The molecule has 0 bridgehead atoms. The second-order valence-corrected chi connectivity index (χ2v) is 8.85. The van der Waals surface area contributed by atoms with Gasteiger partial charge >= 0.3 is 6.03 Å². The van der Waals surface area contributed by atoms with Crippen molar-refractivity contribution in [1.29, 1.82) is 0 Å². The highest BCUT2D eigenvalue weighted by molar-refractivity contribution is 9.10. The largest absolute Gasteiger partial charge is 0.323 e. The molecule has 0 saturated heterocycles. The van der Waals surface area contributed by atoms with Crippen LogP contribution in [0.15, 0.2) is 74.7 Å². The molecule has 0 unspecified atom stereocenters. The minimum absolute atomic E-state index is 0.199. The summed E-state index contributed by atoms with van der Waals surface area (Å²) in [6.07, 6.45) is 0. The molecule has 6 nitrogen and oxygen atoms in total. The van der Waals surface area contributed by atoms with Gasteiger partial charge < -0.3 is 10.6 Å². The molecule has 3 N–H and O–H groups in total. The van der Waals surface area contributed by atoms with E-state index in [1.807, 2.05) is 6.07 Å². The summed E-state index contributed by atoms with van der Waals surface area (Å²) < 4.78 is 28.2. The lowest BCUT2D eigenvalue weighted by Gasteiger charge is -2.14. The molecule has 3 rings (SSSR count). The molecule has 9 heteroatoms. The quantitative estimate of drug-likeness (QED) is 0.512. The zero-order chi connectivity index (χ0) is 18.6. The molecule has 1 aromatic heterocycles. The summed E-state index contributed by atoms with van der Waals surface area (Å²) in [5.74, 6) is 0. The lowest BCUT2D eigenvalue weighted by Crippen LogP contribution is -2.21. The van der Waals surface area contributed by atoms with Crippen LogP contribution in [0, 0.1) is 0 Å². The second-order valence-electron chi connectivity index (χ2n) is 5.14. The lowest BCUT2D eigenvalue weighted by molar-refractivity contribution is 0.262. The van der Waals surface area contributed by atoms with Gasteiger partial charge in [0, 0.05) is 4.47 Å². The predicted molar refractivity (Wildman–Crippen MR) is 108 cm³/mol. The summed E-state index contributed by atoms with van der Waals surface area (Å²) in [5, 5.41) is 7.05. The average molecular weight is 452 g/mol. The fraction of sp³-hybridized carbons (Fsp3) is 0. The van der Waals surface area contributed by atoms with Crippen molar-refractivity contribution in [3.63, 3.8) is 0 Å². The van der Waals surface area contributed by atoms with E-state index in [9.17, 15) is 13.2 Å². The Hall–Kier alpha value is -2.36. The molecule has 0 aliphatic heterocycles. The lowest BCUT2D eigenvalue weighted by atomic mass is 10.3. The predicted octanol–water partition coefficient (Wildman–Crippen LogP) is 4.96. The SMILES string of the molecule is O=C(Nc1ccccc1Br)Nc1ccccc1NS(=O)(=O)c1cccs1. The maximum atomic E-state index is 12.4. The van der Waals surface area contributed by atoms with Crippen LogP contribution < -0.4 is 15.4 Å². The van der Waals surface area contributed by atoms with Crippen LogP contribution in [-0.4, -0.2) is 14.4 Å². The van der Waals surface area contributed by atoms with Crippen LogP contribution in [0.25, 0.3) is 0 Å². The van der Waals surface area contributed by atoms with E-state index in [-0.39, 0.29) is 9.90 Å². The Labute approximate surface area is 163 Å². The monoisotopic (exact) mass is 451 g/mol. The highest BCUT2D eigenvalue weighted by Gasteiger charge is 2.17. The molecule has 1 heterocycles. The molecule has 0 aliphatic carbocycles. The van der Waals surface area contributed by atoms with E-state index in [1.165, 1.54) is 6.07 Å². The molecule has 26 heavy (non-hydrogen) atoms. The van der Waals surface area contributed by atoms with Crippen molar-refractivity contribution in [2.75, 3.05) is 15.4 Å². The highest BCUT2D eigenvalue weighted by atomic mass is 79.9. The maximum absolute atomic E-state index is 12.4. The highest BCUT2D eigenvalue weighted by Crippen LogP contribution is 2.27. The first-order valence-electron chi connectivity index (χ1n) is 7.43. The number of anilines is 3. The van der Waals surface area contributed by atoms with Gasteiger partial charge in [-0.05, 0) is 51.6 Å². The van der Waals surface area contributed by atoms with Gasteiger partial charge in [-0.3, -0.25) is 4.72 Å². The zero-order valence-corrected chi connectivity index (χ0v) is 16.5. The Kier molecular flexibility index (Phi) is 5.60. The number of sulfonamides is 1. The van der Waals surface area contributed by atoms with Gasteiger partial charge in [-0.2, -0.15) is 0 Å². The van der Waals surface area contributed by atoms with Crippen LogP contribution in [0.1, 0.15) is 0 Å². The third-order valence-corrected chi connectivity index (χ3v) is 6.76. The number of amides is 2. The summed E-state index contributed by atoms with van der Waals surface area (Å²) in [7, 11) is -3.70. The topological polar surface area (TPSA) is 87.3 Å². The Morgan fingerprint density at radius 1 is 0.846 bits per heavy atom. The van der Waals surface area contributed by atoms with Gasteiger partial charge in [-0.1, -0.05) is 30.3 Å². The van der Waals surface area contributed by atoms with Crippen molar-refractivity contribution >= 4 is 60.4 Å². The first-order chi connectivity index (χ1) is 12.5. The van der Waals surface area contributed by atoms with E-state index in [0.29, 0.717) is 11.4 Å². The Bertz CT molecular complexity index is 1020. The van der Waals surface area contributed by atoms with E-state index >= 15 is 0 Å². The van der Waals surface area contributed by atoms with Crippen molar-refractivity contribution in [1.82, 2.24) is 0 Å². The Morgan fingerprint density at radius 3 is 2.12 bits per heavy atom. The molecular weight excluding hydrogens is 438 g/mol. The van der Waals surface area contributed by atoms with Crippen LogP contribution in [0.5, 0.6) is 0 Å². The molecule has 2 aromatic carbocycles. The third kappa shape index (κ3) is 4.43. The first-order valence-corrected chi connectivity index (χ1v) is 10.6. The molecule has 0 spiro atoms. The number of thiophene rings is 1. The summed E-state index contributed by atoms with van der Waals surface area (Å²) in [6, 6.07) is 16.5. The number of rotatable bonds is 5. The Morgan fingerprint density at radius 2 is 1.46 bits per heavy atom. The molecule has 0 radical (unpaired) electrons. The van der Waals surface area contributed by atoms with Crippen molar-refractivity contribution in [3.05, 3.63) is 70.5 Å². The van der Waals surface area contributed by atoms with Crippen LogP contribution in [-0.2, 0) is 10.0 Å².